The Kier molecular flexibility index (Phi) is 6.05. The number of nitrogens with two attached hydrogens (primary N) is 1. The van der Waals surface area contributed by atoms with Crippen LogP contribution in [-0.2, 0) is 11.2 Å². The van der Waals surface area contributed by atoms with Gasteiger partial charge >= 0.3 is 0 Å². The lowest BCUT2D eigenvalue weighted by Crippen LogP contribution is -2.52. The molecule has 0 saturated heterocycles. The van der Waals surface area contributed by atoms with Crippen molar-refractivity contribution in [2.24, 2.45) is 11.3 Å². The smallest absolute Gasteiger partial charge is 0.129 e. The van der Waals surface area contributed by atoms with Crippen molar-refractivity contribution >= 4 is 0 Å². The van der Waals surface area contributed by atoms with E-state index in [4.69, 9.17) is 10.6 Å². The predicted octanol–water partition coefficient (Wildman–Crippen LogP) is 2.79. The molecule has 1 aromatic rings. The number of ether oxygens (including phenoxy) is 1. The molecular weight excluding hydrogens is 262 g/mol. The van der Waals surface area contributed by atoms with Crippen molar-refractivity contribution < 1.29 is 13.5 Å². The number of hydrogen-bond donors (Lipinski definition) is 2. The number of hydrogen-bond acceptors (Lipinski definition) is 3. The van der Waals surface area contributed by atoms with E-state index in [1.807, 2.05) is 27.7 Å². The quantitative estimate of drug-likeness (QED) is 0.624. The molecule has 0 aromatic heterocycles. The second kappa shape index (κ2) is 7.11. The van der Waals surface area contributed by atoms with Crippen molar-refractivity contribution in [2.45, 2.75) is 46.3 Å². The van der Waals surface area contributed by atoms with Crippen LogP contribution in [-0.4, -0.2) is 18.8 Å². The monoisotopic (exact) mass is 286 g/mol. The molecule has 0 spiro atoms. The first-order valence-electron chi connectivity index (χ1n) is 6.81. The summed E-state index contributed by atoms with van der Waals surface area (Å²) in [6.45, 7) is 8.43. The van der Waals surface area contributed by atoms with Gasteiger partial charge in [0.2, 0.25) is 0 Å². The van der Waals surface area contributed by atoms with Gasteiger partial charge in [-0.1, -0.05) is 26.8 Å². The molecule has 0 aliphatic heterocycles. The molecule has 3 N–H and O–H groups in total. The molecular formula is C15H24F2N2O. The van der Waals surface area contributed by atoms with Crippen molar-refractivity contribution in [2.75, 3.05) is 6.61 Å². The third-order valence-corrected chi connectivity index (χ3v) is 3.27. The summed E-state index contributed by atoms with van der Waals surface area (Å²) in [5.74, 6) is 4.45. The van der Waals surface area contributed by atoms with Crippen LogP contribution in [0.15, 0.2) is 18.2 Å². The van der Waals surface area contributed by atoms with Gasteiger partial charge in [0.1, 0.15) is 11.6 Å². The summed E-state index contributed by atoms with van der Waals surface area (Å²) in [6, 6.07) is 3.47. The Balaban J connectivity index is 3.00. The van der Waals surface area contributed by atoms with Gasteiger partial charge in [0, 0.05) is 12.2 Å². The summed E-state index contributed by atoms with van der Waals surface area (Å²) >= 11 is 0. The largest absolute Gasteiger partial charge is 0.376 e. The minimum Gasteiger partial charge on any atom is -0.376 e. The van der Waals surface area contributed by atoms with Crippen molar-refractivity contribution in [1.82, 2.24) is 5.43 Å². The topological polar surface area (TPSA) is 47.3 Å². The maximum atomic E-state index is 13.7. The maximum absolute atomic E-state index is 13.7. The van der Waals surface area contributed by atoms with E-state index >= 15 is 0 Å². The van der Waals surface area contributed by atoms with Crippen LogP contribution >= 0.6 is 0 Å². The molecule has 1 aromatic carbocycles. The highest BCUT2D eigenvalue weighted by atomic mass is 19.1. The van der Waals surface area contributed by atoms with Gasteiger partial charge in [0.25, 0.3) is 0 Å². The second-order valence-corrected chi connectivity index (χ2v) is 5.92. The normalized spacial score (nSPS) is 15.2. The van der Waals surface area contributed by atoms with Crippen molar-refractivity contribution in [3.8, 4) is 0 Å². The highest BCUT2D eigenvalue weighted by molar-refractivity contribution is 5.21. The average molecular weight is 286 g/mol. The zero-order valence-corrected chi connectivity index (χ0v) is 12.5. The van der Waals surface area contributed by atoms with Crippen LogP contribution in [0.5, 0.6) is 0 Å². The summed E-state index contributed by atoms with van der Waals surface area (Å²) in [5.41, 5.74) is 2.47. The molecule has 0 saturated carbocycles. The zero-order chi connectivity index (χ0) is 15.3. The third kappa shape index (κ3) is 4.23. The molecule has 0 radical (unpaired) electrons. The molecule has 3 nitrogen and oxygen atoms in total. The molecule has 0 amide bonds. The Morgan fingerprint density at radius 1 is 1.25 bits per heavy atom. The van der Waals surface area contributed by atoms with Crippen LogP contribution < -0.4 is 11.3 Å². The van der Waals surface area contributed by atoms with E-state index in [9.17, 15) is 8.78 Å². The van der Waals surface area contributed by atoms with Gasteiger partial charge in [0.15, 0.2) is 0 Å². The third-order valence-electron chi connectivity index (χ3n) is 3.27. The first-order chi connectivity index (χ1) is 9.31. The average Bonchev–Trinajstić information content (AvgIpc) is 2.35. The van der Waals surface area contributed by atoms with Gasteiger partial charge in [-0.25, -0.2) is 8.78 Å². The van der Waals surface area contributed by atoms with Crippen molar-refractivity contribution in [3.05, 3.63) is 35.4 Å². The number of halogens is 2. The first-order valence-corrected chi connectivity index (χ1v) is 6.81. The molecule has 5 heteroatoms. The highest BCUT2D eigenvalue weighted by Gasteiger charge is 2.33. The van der Waals surface area contributed by atoms with Crippen LogP contribution in [0.4, 0.5) is 8.78 Å². The summed E-state index contributed by atoms with van der Waals surface area (Å²) in [6.07, 6.45) is -0.117. The van der Waals surface area contributed by atoms with Gasteiger partial charge in [0.05, 0.1) is 12.1 Å². The highest BCUT2D eigenvalue weighted by Crippen LogP contribution is 2.27. The van der Waals surface area contributed by atoms with Gasteiger partial charge in [-0.05, 0) is 30.9 Å². The van der Waals surface area contributed by atoms with Crippen molar-refractivity contribution in [3.63, 3.8) is 0 Å². The Hall–Kier alpha value is -1.04. The summed E-state index contributed by atoms with van der Waals surface area (Å²) in [7, 11) is 0. The fourth-order valence-electron chi connectivity index (χ4n) is 2.35. The Morgan fingerprint density at radius 3 is 2.20 bits per heavy atom. The predicted molar refractivity (Wildman–Crippen MR) is 76.0 cm³/mol. The lowest BCUT2D eigenvalue weighted by atomic mass is 9.82. The van der Waals surface area contributed by atoms with E-state index in [1.54, 1.807) is 0 Å². The molecule has 0 fully saturated rings. The van der Waals surface area contributed by atoms with E-state index in [0.29, 0.717) is 6.61 Å². The van der Waals surface area contributed by atoms with E-state index in [-0.39, 0.29) is 29.5 Å². The number of hydrazine groups is 1. The lowest BCUT2D eigenvalue weighted by molar-refractivity contribution is -0.0358. The summed E-state index contributed by atoms with van der Waals surface area (Å²) in [5, 5.41) is 0. The molecule has 114 valence electrons. The first kappa shape index (κ1) is 17.0. The molecule has 0 aliphatic rings. The van der Waals surface area contributed by atoms with E-state index in [0.717, 1.165) is 0 Å². The molecule has 20 heavy (non-hydrogen) atoms. The van der Waals surface area contributed by atoms with Crippen LogP contribution in [0.2, 0.25) is 0 Å². The molecule has 0 aliphatic carbocycles. The van der Waals surface area contributed by atoms with Crippen LogP contribution in [0.1, 0.15) is 33.3 Å². The lowest BCUT2D eigenvalue weighted by Gasteiger charge is -2.36. The van der Waals surface area contributed by atoms with Gasteiger partial charge in [-0.15, -0.1) is 0 Å². The van der Waals surface area contributed by atoms with Crippen molar-refractivity contribution in [1.29, 1.82) is 0 Å². The Bertz CT molecular complexity index is 412. The minimum absolute atomic E-state index is 0.0319. The fraction of sp³-hybridized carbons (Fsp3) is 0.600. The van der Waals surface area contributed by atoms with Gasteiger partial charge in [-0.2, -0.15) is 0 Å². The van der Waals surface area contributed by atoms with E-state index < -0.39 is 11.6 Å². The van der Waals surface area contributed by atoms with E-state index in [2.05, 4.69) is 5.43 Å². The van der Waals surface area contributed by atoms with Gasteiger partial charge < -0.3 is 4.74 Å². The molecule has 2 unspecified atom stereocenters. The standard InChI is InChI=1S/C15H24F2N2O/c1-5-20-14(15(2,3)4)13(19-18)9-10-11(16)7-6-8-12(10)17/h6-8,13-14,19H,5,9,18H2,1-4H3. The summed E-state index contributed by atoms with van der Waals surface area (Å²) in [4.78, 5) is 0. The molecule has 0 bridgehead atoms. The van der Waals surface area contributed by atoms with Crippen LogP contribution in [0.3, 0.4) is 0 Å². The van der Waals surface area contributed by atoms with Crippen LogP contribution in [0.25, 0.3) is 0 Å². The number of benzene rings is 1. The van der Waals surface area contributed by atoms with Crippen LogP contribution in [0, 0.1) is 17.0 Å². The maximum Gasteiger partial charge on any atom is 0.129 e. The summed E-state index contributed by atoms with van der Waals surface area (Å²) < 4.78 is 33.2. The molecule has 0 heterocycles. The number of rotatable bonds is 6. The fourth-order valence-corrected chi connectivity index (χ4v) is 2.35. The SMILES string of the molecule is CCOC(C(Cc1c(F)cccc1F)NN)C(C)(C)C. The molecule has 1 rings (SSSR count). The van der Waals surface area contributed by atoms with E-state index in [1.165, 1.54) is 18.2 Å². The molecule has 2 atom stereocenters. The Labute approximate surface area is 119 Å². The second-order valence-electron chi connectivity index (χ2n) is 5.92. The zero-order valence-electron chi connectivity index (χ0n) is 12.5. The van der Waals surface area contributed by atoms with Gasteiger partial charge in [-0.3, -0.25) is 11.3 Å². The minimum atomic E-state index is -0.561. The number of nitrogens with one attached hydrogen (secondary N) is 1. The Morgan fingerprint density at radius 2 is 1.80 bits per heavy atom.